The van der Waals surface area contributed by atoms with Crippen molar-refractivity contribution >= 4 is 8.80 Å². The summed E-state index contributed by atoms with van der Waals surface area (Å²) in [5.41, 5.74) is -0.145. The van der Waals surface area contributed by atoms with Gasteiger partial charge in [0.25, 0.3) is 0 Å². The molecule has 1 heterocycles. The molecule has 1 fully saturated rings. The average Bonchev–Trinajstić information content (AvgIpc) is 2.38. The third kappa shape index (κ3) is 3.99. The van der Waals surface area contributed by atoms with E-state index in [1.54, 1.807) is 21.3 Å². The van der Waals surface area contributed by atoms with E-state index in [0.717, 1.165) is 32.3 Å². The molecule has 0 saturated carbocycles. The molecular formula is C13H28O5Si. The zero-order valence-corrected chi connectivity index (χ0v) is 13.8. The van der Waals surface area contributed by atoms with Crippen LogP contribution in [0.4, 0.5) is 0 Å². The summed E-state index contributed by atoms with van der Waals surface area (Å²) >= 11 is 0. The molecule has 1 rings (SSSR count). The first-order valence-corrected chi connectivity index (χ1v) is 8.90. The van der Waals surface area contributed by atoms with Gasteiger partial charge in [-0.25, -0.2) is 0 Å². The van der Waals surface area contributed by atoms with E-state index in [-0.39, 0.29) is 17.9 Å². The summed E-state index contributed by atoms with van der Waals surface area (Å²) in [5, 5.41) is 0. The highest BCUT2D eigenvalue weighted by atomic mass is 28.4. The molecule has 1 aliphatic heterocycles. The summed E-state index contributed by atoms with van der Waals surface area (Å²) in [4.78, 5) is 0. The maximum atomic E-state index is 6.24. The Morgan fingerprint density at radius 1 is 1.16 bits per heavy atom. The van der Waals surface area contributed by atoms with Gasteiger partial charge in [-0.3, -0.25) is 0 Å². The van der Waals surface area contributed by atoms with Crippen molar-refractivity contribution in [1.29, 1.82) is 0 Å². The molecule has 19 heavy (non-hydrogen) atoms. The number of hydrogen-bond donors (Lipinski definition) is 0. The van der Waals surface area contributed by atoms with Crippen LogP contribution >= 0.6 is 0 Å². The molecular weight excluding hydrogens is 264 g/mol. The molecule has 3 atom stereocenters. The van der Waals surface area contributed by atoms with E-state index in [2.05, 4.69) is 13.8 Å². The highest BCUT2D eigenvalue weighted by Gasteiger charge is 2.49. The average molecular weight is 292 g/mol. The van der Waals surface area contributed by atoms with Crippen molar-refractivity contribution in [1.82, 2.24) is 0 Å². The molecule has 1 saturated heterocycles. The highest BCUT2D eigenvalue weighted by Crippen LogP contribution is 2.27. The molecule has 1 aliphatic rings. The Bertz CT molecular complexity index is 235. The van der Waals surface area contributed by atoms with Gasteiger partial charge in [0.15, 0.2) is 0 Å². The minimum atomic E-state index is -2.75. The van der Waals surface area contributed by atoms with E-state index in [4.69, 9.17) is 22.8 Å². The van der Waals surface area contributed by atoms with Crippen molar-refractivity contribution in [3.05, 3.63) is 0 Å². The summed E-state index contributed by atoms with van der Waals surface area (Å²) < 4.78 is 28.4. The van der Waals surface area contributed by atoms with Crippen molar-refractivity contribution in [2.45, 2.75) is 57.5 Å². The van der Waals surface area contributed by atoms with E-state index >= 15 is 0 Å². The van der Waals surface area contributed by atoms with Gasteiger partial charge in [-0.15, -0.1) is 0 Å². The maximum absolute atomic E-state index is 6.24. The fraction of sp³-hybridized carbons (Fsp3) is 1.00. The molecule has 3 unspecified atom stereocenters. The molecule has 0 radical (unpaired) electrons. The topological polar surface area (TPSA) is 46.2 Å². The van der Waals surface area contributed by atoms with Gasteiger partial charge in [-0.2, -0.15) is 0 Å². The van der Waals surface area contributed by atoms with Gasteiger partial charge in [0.2, 0.25) is 0 Å². The first-order chi connectivity index (χ1) is 9.17. The first-order valence-electron chi connectivity index (χ1n) is 7.09. The Morgan fingerprint density at radius 3 is 2.05 bits per heavy atom. The van der Waals surface area contributed by atoms with Gasteiger partial charge >= 0.3 is 8.80 Å². The monoisotopic (exact) mass is 292 g/mol. The zero-order valence-electron chi connectivity index (χ0n) is 12.8. The van der Waals surface area contributed by atoms with E-state index in [1.807, 2.05) is 0 Å². The summed E-state index contributed by atoms with van der Waals surface area (Å²) in [6, 6.07) is 0. The van der Waals surface area contributed by atoms with Crippen LogP contribution in [0.1, 0.15) is 39.5 Å². The maximum Gasteiger partial charge on any atom is 0.530 e. The van der Waals surface area contributed by atoms with Crippen molar-refractivity contribution < 1.29 is 22.8 Å². The second-order valence-corrected chi connectivity index (χ2v) is 7.85. The molecule has 5 nitrogen and oxygen atoms in total. The smallest absolute Gasteiger partial charge is 0.375 e. The van der Waals surface area contributed by atoms with Crippen LogP contribution in [-0.2, 0) is 22.8 Å². The van der Waals surface area contributed by atoms with Crippen LogP contribution in [0.2, 0.25) is 0 Å². The van der Waals surface area contributed by atoms with Gasteiger partial charge in [-0.1, -0.05) is 20.3 Å². The highest BCUT2D eigenvalue weighted by molar-refractivity contribution is 6.62. The summed E-state index contributed by atoms with van der Waals surface area (Å²) in [7, 11) is 2.12. The third-order valence-electron chi connectivity index (χ3n) is 3.68. The SMILES string of the molecule is CCCC(OC(CC)[Si](OC)(OC)OC)C1CCO1. The second kappa shape index (κ2) is 8.34. The van der Waals surface area contributed by atoms with Crippen molar-refractivity contribution in [3.8, 4) is 0 Å². The van der Waals surface area contributed by atoms with Crippen LogP contribution in [0.3, 0.4) is 0 Å². The van der Waals surface area contributed by atoms with Crippen molar-refractivity contribution in [2.75, 3.05) is 27.9 Å². The molecule has 0 aromatic carbocycles. The lowest BCUT2D eigenvalue weighted by Gasteiger charge is -2.39. The summed E-state index contributed by atoms with van der Waals surface area (Å²) in [6.45, 7) is 5.06. The van der Waals surface area contributed by atoms with Gasteiger partial charge in [0.05, 0.1) is 12.2 Å². The predicted octanol–water partition coefficient (Wildman–Crippen LogP) is 2.16. The first kappa shape index (κ1) is 17.1. The number of hydrogen-bond acceptors (Lipinski definition) is 5. The molecule has 0 aromatic rings. The molecule has 0 aromatic heterocycles. The minimum absolute atomic E-state index is 0.107. The van der Waals surface area contributed by atoms with E-state index < -0.39 is 8.80 Å². The summed E-state index contributed by atoms with van der Waals surface area (Å²) in [6.07, 6.45) is 4.25. The van der Waals surface area contributed by atoms with Gasteiger partial charge < -0.3 is 22.8 Å². The standard InChI is InChI=1S/C13H28O5Si/c1-6-8-12(11-9-10-17-11)18-13(7-2)19(14-3,15-4)16-5/h11-13H,6-10H2,1-5H3. The Kier molecular flexibility index (Phi) is 7.49. The largest absolute Gasteiger partial charge is 0.530 e. The normalized spacial score (nSPS) is 22.9. The lowest BCUT2D eigenvalue weighted by Crippen LogP contribution is -2.57. The molecule has 114 valence electrons. The Labute approximate surface area is 117 Å². The molecule has 0 N–H and O–H groups in total. The molecule has 0 bridgehead atoms. The zero-order chi connectivity index (χ0) is 14.3. The lowest BCUT2D eigenvalue weighted by atomic mass is 10.0. The van der Waals surface area contributed by atoms with Crippen LogP contribution in [0.25, 0.3) is 0 Å². The summed E-state index contributed by atoms with van der Waals surface area (Å²) in [5.74, 6) is 0. The lowest BCUT2D eigenvalue weighted by molar-refractivity contribution is -0.155. The van der Waals surface area contributed by atoms with E-state index in [0.29, 0.717) is 0 Å². The van der Waals surface area contributed by atoms with Crippen LogP contribution in [-0.4, -0.2) is 54.7 Å². The predicted molar refractivity (Wildman–Crippen MR) is 75.0 cm³/mol. The fourth-order valence-electron chi connectivity index (χ4n) is 2.46. The minimum Gasteiger partial charge on any atom is -0.375 e. The molecule has 0 spiro atoms. The Balaban J connectivity index is 2.70. The van der Waals surface area contributed by atoms with Crippen LogP contribution < -0.4 is 0 Å². The van der Waals surface area contributed by atoms with Gasteiger partial charge in [0, 0.05) is 27.9 Å². The Hall–Kier alpha value is 0.0169. The van der Waals surface area contributed by atoms with E-state index in [9.17, 15) is 0 Å². The van der Waals surface area contributed by atoms with Crippen LogP contribution in [0.15, 0.2) is 0 Å². The fourth-order valence-corrected chi connectivity index (χ4v) is 4.59. The van der Waals surface area contributed by atoms with Crippen LogP contribution in [0.5, 0.6) is 0 Å². The van der Waals surface area contributed by atoms with Crippen molar-refractivity contribution in [3.63, 3.8) is 0 Å². The molecule has 0 amide bonds. The van der Waals surface area contributed by atoms with Gasteiger partial charge in [0.1, 0.15) is 5.73 Å². The van der Waals surface area contributed by atoms with E-state index in [1.165, 1.54) is 0 Å². The quantitative estimate of drug-likeness (QED) is 0.577. The number of ether oxygens (including phenoxy) is 2. The van der Waals surface area contributed by atoms with Gasteiger partial charge in [-0.05, 0) is 19.3 Å². The molecule has 6 heteroatoms. The molecule has 0 aliphatic carbocycles. The number of rotatable bonds is 10. The van der Waals surface area contributed by atoms with Crippen molar-refractivity contribution in [2.24, 2.45) is 0 Å². The van der Waals surface area contributed by atoms with Crippen LogP contribution in [0, 0.1) is 0 Å². The second-order valence-electron chi connectivity index (χ2n) is 4.77. The Morgan fingerprint density at radius 2 is 1.74 bits per heavy atom. The third-order valence-corrected chi connectivity index (χ3v) is 6.72.